The molecule has 3 aromatic rings. The standard InChI is InChI=1S/C20H19FN2O2S/c1-14-18(26-19(22-14)15-8-4-3-5-9-15)20(24)23(2)12-13-25-17-11-7-6-10-16(17)21/h3-11H,12-13H2,1-2H3. The van der Waals surface area contributed by atoms with E-state index >= 15 is 0 Å². The van der Waals surface area contributed by atoms with Gasteiger partial charge in [0.15, 0.2) is 11.6 Å². The Morgan fingerprint density at radius 1 is 1.15 bits per heavy atom. The van der Waals surface area contributed by atoms with E-state index in [0.29, 0.717) is 17.1 Å². The lowest BCUT2D eigenvalue weighted by Crippen LogP contribution is -2.30. The number of likely N-dealkylation sites (N-methyl/N-ethyl adjacent to an activating group) is 1. The molecule has 1 amide bonds. The zero-order valence-corrected chi connectivity index (χ0v) is 15.4. The number of para-hydroxylation sites is 1. The van der Waals surface area contributed by atoms with Gasteiger partial charge in [0.1, 0.15) is 16.5 Å². The molecule has 1 heterocycles. The molecule has 0 aliphatic heterocycles. The quantitative estimate of drug-likeness (QED) is 0.645. The van der Waals surface area contributed by atoms with Crippen molar-refractivity contribution in [1.29, 1.82) is 0 Å². The van der Waals surface area contributed by atoms with Gasteiger partial charge in [0.05, 0.1) is 12.2 Å². The molecule has 3 rings (SSSR count). The maximum absolute atomic E-state index is 13.5. The van der Waals surface area contributed by atoms with Crippen molar-refractivity contribution >= 4 is 17.2 Å². The first-order valence-electron chi connectivity index (χ1n) is 8.22. The highest BCUT2D eigenvalue weighted by molar-refractivity contribution is 7.17. The summed E-state index contributed by atoms with van der Waals surface area (Å²) in [5.41, 5.74) is 1.70. The highest BCUT2D eigenvalue weighted by Gasteiger charge is 2.19. The zero-order chi connectivity index (χ0) is 18.5. The lowest BCUT2D eigenvalue weighted by Gasteiger charge is -2.17. The molecule has 26 heavy (non-hydrogen) atoms. The van der Waals surface area contributed by atoms with Crippen LogP contribution in [-0.2, 0) is 0 Å². The monoisotopic (exact) mass is 370 g/mol. The van der Waals surface area contributed by atoms with Crippen molar-refractivity contribution in [3.05, 3.63) is 71.0 Å². The lowest BCUT2D eigenvalue weighted by molar-refractivity contribution is 0.0776. The van der Waals surface area contributed by atoms with Crippen LogP contribution in [0, 0.1) is 12.7 Å². The van der Waals surface area contributed by atoms with E-state index in [-0.39, 0.29) is 18.3 Å². The van der Waals surface area contributed by atoms with Gasteiger partial charge in [-0.1, -0.05) is 42.5 Å². The Hall–Kier alpha value is -2.73. The smallest absolute Gasteiger partial charge is 0.265 e. The van der Waals surface area contributed by atoms with Crippen LogP contribution >= 0.6 is 11.3 Å². The molecule has 0 saturated carbocycles. The second kappa shape index (κ2) is 8.10. The Kier molecular flexibility index (Phi) is 5.63. The van der Waals surface area contributed by atoms with E-state index in [1.807, 2.05) is 37.3 Å². The molecule has 0 aliphatic rings. The zero-order valence-electron chi connectivity index (χ0n) is 14.6. The molecule has 0 radical (unpaired) electrons. The average molecular weight is 370 g/mol. The molecular formula is C20H19FN2O2S. The van der Waals surface area contributed by atoms with Gasteiger partial charge in [-0.25, -0.2) is 9.37 Å². The number of benzene rings is 2. The molecule has 0 unspecified atom stereocenters. The van der Waals surface area contributed by atoms with Crippen molar-refractivity contribution in [2.45, 2.75) is 6.92 Å². The molecule has 0 bridgehead atoms. The fourth-order valence-electron chi connectivity index (χ4n) is 2.43. The number of hydrogen-bond donors (Lipinski definition) is 0. The summed E-state index contributed by atoms with van der Waals surface area (Å²) in [7, 11) is 1.70. The highest BCUT2D eigenvalue weighted by Crippen LogP contribution is 2.28. The van der Waals surface area contributed by atoms with Crippen molar-refractivity contribution in [2.75, 3.05) is 20.2 Å². The molecular weight excluding hydrogens is 351 g/mol. The first-order chi connectivity index (χ1) is 12.6. The van der Waals surface area contributed by atoms with Crippen LogP contribution in [0.2, 0.25) is 0 Å². The predicted molar refractivity (Wildman–Crippen MR) is 101 cm³/mol. The summed E-state index contributed by atoms with van der Waals surface area (Å²) in [6.07, 6.45) is 0. The molecule has 0 fully saturated rings. The van der Waals surface area contributed by atoms with Gasteiger partial charge in [-0.2, -0.15) is 0 Å². The third-order valence-corrected chi connectivity index (χ3v) is 5.07. The van der Waals surface area contributed by atoms with Crippen LogP contribution in [0.4, 0.5) is 4.39 Å². The molecule has 0 N–H and O–H groups in total. The summed E-state index contributed by atoms with van der Waals surface area (Å²) in [6.45, 7) is 2.40. The number of rotatable bonds is 6. The maximum Gasteiger partial charge on any atom is 0.265 e. The fourth-order valence-corrected chi connectivity index (χ4v) is 3.49. The molecule has 0 spiro atoms. The number of hydrogen-bond acceptors (Lipinski definition) is 4. The number of thiazole rings is 1. The summed E-state index contributed by atoms with van der Waals surface area (Å²) in [4.78, 5) is 19.4. The summed E-state index contributed by atoms with van der Waals surface area (Å²) in [5, 5.41) is 0.822. The molecule has 6 heteroatoms. The third-order valence-electron chi connectivity index (χ3n) is 3.88. The molecule has 0 aliphatic carbocycles. The first kappa shape index (κ1) is 18.1. The summed E-state index contributed by atoms with van der Waals surface area (Å²) in [5.74, 6) is -0.333. The van der Waals surface area contributed by atoms with E-state index in [1.165, 1.54) is 17.4 Å². The van der Waals surface area contributed by atoms with Crippen molar-refractivity contribution < 1.29 is 13.9 Å². The normalized spacial score (nSPS) is 10.6. The number of carbonyl (C=O) groups is 1. The molecule has 4 nitrogen and oxygen atoms in total. The van der Waals surface area contributed by atoms with Gasteiger partial charge in [-0.15, -0.1) is 11.3 Å². The van der Waals surface area contributed by atoms with Crippen LogP contribution in [0.3, 0.4) is 0 Å². The fraction of sp³-hybridized carbons (Fsp3) is 0.200. The molecule has 134 valence electrons. The van der Waals surface area contributed by atoms with Crippen LogP contribution in [0.1, 0.15) is 15.4 Å². The predicted octanol–water partition coefficient (Wildman–Crippen LogP) is 4.41. The topological polar surface area (TPSA) is 42.4 Å². The molecule has 0 saturated heterocycles. The minimum absolute atomic E-state index is 0.112. The maximum atomic E-state index is 13.5. The SMILES string of the molecule is Cc1nc(-c2ccccc2)sc1C(=O)N(C)CCOc1ccccc1F. The molecule has 2 aromatic carbocycles. The van der Waals surface area contributed by atoms with Crippen LogP contribution in [-0.4, -0.2) is 36.0 Å². The molecule has 0 atom stereocenters. The van der Waals surface area contributed by atoms with E-state index < -0.39 is 5.82 Å². The second-order valence-corrected chi connectivity index (χ2v) is 6.80. The third kappa shape index (κ3) is 4.08. The largest absolute Gasteiger partial charge is 0.489 e. The van der Waals surface area contributed by atoms with Crippen molar-refractivity contribution in [1.82, 2.24) is 9.88 Å². The van der Waals surface area contributed by atoms with Crippen LogP contribution in [0.15, 0.2) is 54.6 Å². The Bertz CT molecular complexity index is 896. The van der Waals surface area contributed by atoms with E-state index in [1.54, 1.807) is 30.1 Å². The van der Waals surface area contributed by atoms with Crippen LogP contribution in [0.5, 0.6) is 5.75 Å². The van der Waals surface area contributed by atoms with Gasteiger partial charge in [-0.05, 0) is 19.1 Å². The Labute approximate surface area is 155 Å². The van der Waals surface area contributed by atoms with Gasteiger partial charge in [0.2, 0.25) is 0 Å². The lowest BCUT2D eigenvalue weighted by atomic mass is 10.2. The number of aromatic nitrogens is 1. The number of carbonyl (C=O) groups excluding carboxylic acids is 1. The first-order valence-corrected chi connectivity index (χ1v) is 9.03. The second-order valence-electron chi connectivity index (χ2n) is 5.81. The highest BCUT2D eigenvalue weighted by atomic mass is 32.1. The van der Waals surface area contributed by atoms with Gasteiger partial charge >= 0.3 is 0 Å². The van der Waals surface area contributed by atoms with Crippen molar-refractivity contribution in [3.63, 3.8) is 0 Å². The van der Waals surface area contributed by atoms with Gasteiger partial charge in [-0.3, -0.25) is 4.79 Å². The number of amides is 1. The number of nitrogens with zero attached hydrogens (tertiary/aromatic N) is 2. The van der Waals surface area contributed by atoms with Crippen LogP contribution in [0.25, 0.3) is 10.6 Å². The Morgan fingerprint density at radius 2 is 1.85 bits per heavy atom. The Morgan fingerprint density at radius 3 is 2.58 bits per heavy atom. The summed E-state index contributed by atoms with van der Waals surface area (Å²) in [6, 6.07) is 16.0. The van der Waals surface area contributed by atoms with Crippen molar-refractivity contribution in [3.8, 4) is 16.3 Å². The van der Waals surface area contributed by atoms with Gasteiger partial charge in [0.25, 0.3) is 5.91 Å². The van der Waals surface area contributed by atoms with E-state index in [0.717, 1.165) is 10.6 Å². The van der Waals surface area contributed by atoms with E-state index in [4.69, 9.17) is 4.74 Å². The number of halogens is 1. The minimum Gasteiger partial charge on any atom is -0.489 e. The van der Waals surface area contributed by atoms with Crippen molar-refractivity contribution in [2.24, 2.45) is 0 Å². The van der Waals surface area contributed by atoms with E-state index in [9.17, 15) is 9.18 Å². The number of ether oxygens (including phenoxy) is 1. The van der Waals surface area contributed by atoms with Crippen LogP contribution < -0.4 is 4.74 Å². The summed E-state index contributed by atoms with van der Waals surface area (Å²) < 4.78 is 19.0. The van der Waals surface area contributed by atoms with Gasteiger partial charge in [0, 0.05) is 12.6 Å². The number of aryl methyl sites for hydroxylation is 1. The minimum atomic E-state index is -0.410. The Balaban J connectivity index is 1.63. The van der Waals surface area contributed by atoms with E-state index in [2.05, 4.69) is 4.98 Å². The average Bonchev–Trinajstić information content (AvgIpc) is 3.05. The van der Waals surface area contributed by atoms with Gasteiger partial charge < -0.3 is 9.64 Å². The summed E-state index contributed by atoms with van der Waals surface area (Å²) >= 11 is 1.38. The molecule has 1 aromatic heterocycles.